The number of carbonyl (C=O) groups is 3. The number of phenols is 1. The zero-order valence-electron chi connectivity index (χ0n) is 15.2. The van der Waals surface area contributed by atoms with Gasteiger partial charge in [-0.05, 0) is 30.5 Å². The van der Waals surface area contributed by atoms with Gasteiger partial charge < -0.3 is 26.6 Å². The molecule has 0 unspecified atom stereocenters. The Labute approximate surface area is 152 Å². The standard InChI is InChI=1S/C18H27N3O5/c1-4-10(2)15(19)17(24)20-11(3)16(23)21-14(18(25)26)9-12-5-7-13(22)8-6-12/h5-8,10-11,14-15,22H,4,9,19H2,1-3H3,(H,20,24)(H,21,23)(H,25,26)/t10-,11-,14-,15-/m0/s1. The van der Waals surface area contributed by atoms with Gasteiger partial charge in [0.05, 0.1) is 6.04 Å². The molecular formula is C18H27N3O5. The van der Waals surface area contributed by atoms with Gasteiger partial charge in [-0.1, -0.05) is 32.4 Å². The third-order valence-corrected chi connectivity index (χ3v) is 4.30. The molecule has 0 bridgehead atoms. The zero-order valence-corrected chi connectivity index (χ0v) is 15.2. The van der Waals surface area contributed by atoms with Gasteiger partial charge in [0.15, 0.2) is 0 Å². The minimum Gasteiger partial charge on any atom is -0.508 e. The first kappa shape index (κ1) is 21.4. The van der Waals surface area contributed by atoms with Gasteiger partial charge in [0.25, 0.3) is 0 Å². The third kappa shape index (κ3) is 6.36. The fourth-order valence-corrected chi connectivity index (χ4v) is 2.25. The summed E-state index contributed by atoms with van der Waals surface area (Å²) in [5.74, 6) is -2.22. The van der Waals surface area contributed by atoms with Crippen molar-refractivity contribution in [3.05, 3.63) is 29.8 Å². The molecule has 0 aliphatic heterocycles. The first-order valence-electron chi connectivity index (χ1n) is 8.52. The van der Waals surface area contributed by atoms with Crippen LogP contribution >= 0.6 is 0 Å². The number of phenolic OH excluding ortho intramolecular Hbond substituents is 1. The molecule has 0 saturated carbocycles. The normalized spacial score (nSPS) is 15.4. The van der Waals surface area contributed by atoms with E-state index in [-0.39, 0.29) is 18.1 Å². The summed E-state index contributed by atoms with van der Waals surface area (Å²) >= 11 is 0. The topological polar surface area (TPSA) is 142 Å². The maximum atomic E-state index is 12.2. The molecule has 26 heavy (non-hydrogen) atoms. The maximum Gasteiger partial charge on any atom is 0.326 e. The van der Waals surface area contributed by atoms with Crippen LogP contribution in [0.3, 0.4) is 0 Å². The smallest absolute Gasteiger partial charge is 0.326 e. The SMILES string of the molecule is CC[C@H](C)[C@H](N)C(=O)N[C@@H](C)C(=O)N[C@@H](Cc1ccc(O)cc1)C(=O)O. The Balaban J connectivity index is 2.67. The molecule has 1 rings (SSSR count). The van der Waals surface area contributed by atoms with E-state index in [4.69, 9.17) is 5.73 Å². The summed E-state index contributed by atoms with van der Waals surface area (Å²) < 4.78 is 0. The molecule has 0 aliphatic rings. The number of aromatic hydroxyl groups is 1. The van der Waals surface area contributed by atoms with Crippen LogP contribution in [0, 0.1) is 5.92 Å². The average molecular weight is 365 g/mol. The van der Waals surface area contributed by atoms with Crippen molar-refractivity contribution in [3.63, 3.8) is 0 Å². The molecule has 0 fully saturated rings. The molecule has 2 amide bonds. The molecule has 0 aliphatic carbocycles. The summed E-state index contributed by atoms with van der Waals surface area (Å²) in [5, 5.41) is 23.5. The fraction of sp³-hybridized carbons (Fsp3) is 0.500. The molecule has 6 N–H and O–H groups in total. The Kier molecular flexibility index (Phi) is 8.05. The van der Waals surface area contributed by atoms with Crippen LogP contribution < -0.4 is 16.4 Å². The first-order chi connectivity index (χ1) is 12.1. The summed E-state index contributed by atoms with van der Waals surface area (Å²) in [6.07, 6.45) is 0.775. The predicted molar refractivity (Wildman–Crippen MR) is 96.4 cm³/mol. The number of hydrogen-bond donors (Lipinski definition) is 5. The number of carboxylic acids is 1. The van der Waals surface area contributed by atoms with Crippen molar-refractivity contribution in [2.75, 3.05) is 0 Å². The predicted octanol–water partition coefficient (Wildman–Crippen LogP) is 0.382. The van der Waals surface area contributed by atoms with Gasteiger partial charge in [-0.15, -0.1) is 0 Å². The molecule has 0 aromatic heterocycles. The molecule has 1 aromatic rings. The molecule has 0 radical (unpaired) electrons. The summed E-state index contributed by atoms with van der Waals surface area (Å²) in [5.41, 5.74) is 6.47. The minimum absolute atomic E-state index is 0.0356. The fourth-order valence-electron chi connectivity index (χ4n) is 2.25. The molecular weight excluding hydrogens is 338 g/mol. The quantitative estimate of drug-likeness (QED) is 0.428. The number of amides is 2. The van der Waals surface area contributed by atoms with Gasteiger partial charge in [-0.25, -0.2) is 4.79 Å². The molecule has 0 spiro atoms. The number of aliphatic carboxylic acids is 1. The molecule has 8 heteroatoms. The van der Waals surface area contributed by atoms with E-state index in [0.29, 0.717) is 5.56 Å². The van der Waals surface area contributed by atoms with E-state index in [1.807, 2.05) is 13.8 Å². The Bertz CT molecular complexity index is 632. The van der Waals surface area contributed by atoms with Gasteiger partial charge >= 0.3 is 5.97 Å². The van der Waals surface area contributed by atoms with Crippen LogP contribution in [-0.2, 0) is 20.8 Å². The summed E-state index contributed by atoms with van der Waals surface area (Å²) in [4.78, 5) is 35.7. The molecule has 144 valence electrons. The van der Waals surface area contributed by atoms with E-state index in [1.54, 1.807) is 12.1 Å². The van der Waals surface area contributed by atoms with Crippen molar-refractivity contribution >= 4 is 17.8 Å². The molecule has 4 atom stereocenters. The van der Waals surface area contributed by atoms with Crippen LogP contribution in [-0.4, -0.2) is 46.1 Å². The average Bonchev–Trinajstić information content (AvgIpc) is 2.61. The summed E-state index contributed by atoms with van der Waals surface area (Å²) in [6, 6.07) is 3.22. The lowest BCUT2D eigenvalue weighted by molar-refractivity contribution is -0.142. The van der Waals surface area contributed by atoms with Gasteiger partial charge in [-0.2, -0.15) is 0 Å². The van der Waals surface area contributed by atoms with E-state index in [1.165, 1.54) is 19.1 Å². The van der Waals surface area contributed by atoms with Crippen LogP contribution in [0.1, 0.15) is 32.8 Å². The van der Waals surface area contributed by atoms with Crippen LogP contribution in [0.5, 0.6) is 5.75 Å². The minimum atomic E-state index is -1.19. The Hall–Kier alpha value is -2.61. The van der Waals surface area contributed by atoms with Gasteiger partial charge in [0, 0.05) is 6.42 Å². The maximum absolute atomic E-state index is 12.2. The number of hydrogen-bond acceptors (Lipinski definition) is 5. The number of nitrogens with one attached hydrogen (secondary N) is 2. The van der Waals surface area contributed by atoms with Crippen LogP contribution in [0.4, 0.5) is 0 Å². The van der Waals surface area contributed by atoms with Crippen molar-refractivity contribution in [1.82, 2.24) is 10.6 Å². The molecule has 1 aromatic carbocycles. The van der Waals surface area contributed by atoms with Crippen LogP contribution in [0.15, 0.2) is 24.3 Å². The third-order valence-electron chi connectivity index (χ3n) is 4.30. The van der Waals surface area contributed by atoms with E-state index in [9.17, 15) is 24.6 Å². The van der Waals surface area contributed by atoms with Crippen molar-refractivity contribution in [2.45, 2.75) is 51.7 Å². The Morgan fingerprint density at radius 2 is 1.65 bits per heavy atom. The summed E-state index contributed by atoms with van der Waals surface area (Å²) in [6.45, 7) is 5.22. The van der Waals surface area contributed by atoms with E-state index in [0.717, 1.165) is 6.42 Å². The lowest BCUT2D eigenvalue weighted by Crippen LogP contribution is -2.54. The largest absolute Gasteiger partial charge is 0.508 e. The lowest BCUT2D eigenvalue weighted by Gasteiger charge is -2.22. The zero-order chi connectivity index (χ0) is 19.9. The lowest BCUT2D eigenvalue weighted by atomic mass is 9.99. The van der Waals surface area contributed by atoms with Gasteiger partial charge in [-0.3, -0.25) is 9.59 Å². The second-order valence-corrected chi connectivity index (χ2v) is 6.41. The number of rotatable bonds is 9. The van der Waals surface area contributed by atoms with Crippen molar-refractivity contribution < 1.29 is 24.6 Å². The monoisotopic (exact) mass is 365 g/mol. The number of nitrogens with two attached hydrogens (primary N) is 1. The van der Waals surface area contributed by atoms with E-state index >= 15 is 0 Å². The molecule has 0 heterocycles. The molecule has 8 nitrogen and oxygen atoms in total. The number of benzene rings is 1. The highest BCUT2D eigenvalue weighted by Gasteiger charge is 2.26. The highest BCUT2D eigenvalue weighted by Crippen LogP contribution is 2.11. The van der Waals surface area contributed by atoms with Gasteiger partial charge in [0.1, 0.15) is 17.8 Å². The van der Waals surface area contributed by atoms with E-state index in [2.05, 4.69) is 10.6 Å². The second-order valence-electron chi connectivity index (χ2n) is 6.41. The Morgan fingerprint density at radius 1 is 1.08 bits per heavy atom. The van der Waals surface area contributed by atoms with Crippen molar-refractivity contribution in [2.24, 2.45) is 11.7 Å². The van der Waals surface area contributed by atoms with E-state index < -0.39 is 35.9 Å². The highest BCUT2D eigenvalue weighted by atomic mass is 16.4. The van der Waals surface area contributed by atoms with Crippen molar-refractivity contribution in [3.8, 4) is 5.75 Å². The number of carboxylic acid groups (broad SMARTS) is 1. The van der Waals surface area contributed by atoms with Gasteiger partial charge in [0.2, 0.25) is 11.8 Å². The number of carbonyl (C=O) groups excluding carboxylic acids is 2. The second kappa shape index (κ2) is 9.76. The molecule has 0 saturated heterocycles. The van der Waals surface area contributed by atoms with Crippen molar-refractivity contribution in [1.29, 1.82) is 0 Å². The van der Waals surface area contributed by atoms with Crippen LogP contribution in [0.25, 0.3) is 0 Å². The Morgan fingerprint density at radius 3 is 2.15 bits per heavy atom. The van der Waals surface area contributed by atoms with Crippen LogP contribution in [0.2, 0.25) is 0 Å². The highest BCUT2D eigenvalue weighted by molar-refractivity contribution is 5.91. The summed E-state index contributed by atoms with van der Waals surface area (Å²) in [7, 11) is 0. The first-order valence-corrected chi connectivity index (χ1v) is 8.52.